The monoisotopic (exact) mass is 231 g/mol. The summed E-state index contributed by atoms with van der Waals surface area (Å²) in [5.41, 5.74) is -0.604. The van der Waals surface area contributed by atoms with E-state index in [9.17, 15) is 13.2 Å². The van der Waals surface area contributed by atoms with Crippen LogP contribution < -0.4 is 0 Å². The molecule has 0 radical (unpaired) electrons. The Labute approximate surface area is 90.9 Å². The normalized spacial score (nSPS) is 11.1. The fraction of sp³-hybridized carbons (Fsp3) is 0.400. The van der Waals surface area contributed by atoms with Crippen LogP contribution in [-0.4, -0.2) is 14.6 Å². The molecule has 2 heterocycles. The van der Waals surface area contributed by atoms with Crippen molar-refractivity contribution in [2.45, 2.75) is 26.9 Å². The molecular formula is C10H12F3N3. The number of rotatable bonds is 0. The van der Waals surface area contributed by atoms with Crippen LogP contribution in [0.5, 0.6) is 0 Å². The van der Waals surface area contributed by atoms with Gasteiger partial charge < -0.3 is 0 Å². The Morgan fingerprint density at radius 1 is 1.19 bits per heavy atom. The number of halogens is 3. The number of fused-ring (bicyclic) bond motifs is 1. The predicted molar refractivity (Wildman–Crippen MR) is 54.1 cm³/mol. The summed E-state index contributed by atoms with van der Waals surface area (Å²) in [5, 5.41) is 3.67. The van der Waals surface area contributed by atoms with Gasteiger partial charge in [0.05, 0.1) is 0 Å². The molecule has 0 amide bonds. The van der Waals surface area contributed by atoms with E-state index in [1.165, 1.54) is 12.1 Å². The van der Waals surface area contributed by atoms with Gasteiger partial charge in [0, 0.05) is 0 Å². The first kappa shape index (κ1) is 12.5. The van der Waals surface area contributed by atoms with E-state index in [1.807, 2.05) is 13.8 Å². The summed E-state index contributed by atoms with van der Waals surface area (Å²) >= 11 is 0. The predicted octanol–water partition coefficient (Wildman–Crippen LogP) is 3.08. The van der Waals surface area contributed by atoms with Gasteiger partial charge in [0.15, 0.2) is 5.65 Å². The van der Waals surface area contributed by atoms with Gasteiger partial charge in [0.2, 0.25) is 0 Å². The van der Waals surface area contributed by atoms with Gasteiger partial charge in [-0.25, -0.2) is 9.50 Å². The molecule has 0 saturated heterocycles. The SMILES string of the molecule is CC.Cc1nc2cccc(C(F)(F)F)n2n1. The van der Waals surface area contributed by atoms with Gasteiger partial charge in [-0.15, -0.1) is 0 Å². The molecular weight excluding hydrogens is 219 g/mol. The van der Waals surface area contributed by atoms with Gasteiger partial charge in [-0.2, -0.15) is 18.3 Å². The van der Waals surface area contributed by atoms with Crippen LogP contribution >= 0.6 is 0 Å². The Balaban J connectivity index is 0.000000606. The van der Waals surface area contributed by atoms with Gasteiger partial charge in [-0.05, 0) is 19.1 Å². The zero-order valence-electron chi connectivity index (χ0n) is 9.21. The van der Waals surface area contributed by atoms with E-state index in [0.29, 0.717) is 5.82 Å². The third-order valence-corrected chi connectivity index (χ3v) is 1.76. The quantitative estimate of drug-likeness (QED) is 0.697. The number of aryl methyl sites for hydroxylation is 1. The van der Waals surface area contributed by atoms with Crippen LogP contribution in [0.15, 0.2) is 18.2 Å². The maximum Gasteiger partial charge on any atom is 0.433 e. The highest BCUT2D eigenvalue weighted by Crippen LogP contribution is 2.28. The van der Waals surface area contributed by atoms with Gasteiger partial charge in [-0.1, -0.05) is 19.9 Å². The third kappa shape index (κ3) is 2.32. The highest BCUT2D eigenvalue weighted by atomic mass is 19.4. The van der Waals surface area contributed by atoms with Crippen LogP contribution in [0.3, 0.4) is 0 Å². The number of hydrogen-bond acceptors (Lipinski definition) is 2. The zero-order valence-corrected chi connectivity index (χ0v) is 9.21. The molecule has 0 unspecified atom stereocenters. The number of nitrogens with zero attached hydrogens (tertiary/aromatic N) is 3. The van der Waals surface area contributed by atoms with Crippen LogP contribution in [0.25, 0.3) is 5.65 Å². The molecule has 2 aromatic rings. The molecule has 0 spiro atoms. The minimum absolute atomic E-state index is 0.206. The number of hydrogen-bond donors (Lipinski definition) is 0. The van der Waals surface area contributed by atoms with Crippen molar-refractivity contribution in [2.75, 3.05) is 0 Å². The van der Waals surface area contributed by atoms with Crippen LogP contribution in [0, 0.1) is 6.92 Å². The second kappa shape index (κ2) is 4.51. The Hall–Kier alpha value is -1.59. The molecule has 2 rings (SSSR count). The number of aromatic nitrogens is 3. The topological polar surface area (TPSA) is 30.2 Å². The number of pyridine rings is 1. The molecule has 0 aliphatic rings. The van der Waals surface area contributed by atoms with Crippen molar-refractivity contribution in [3.8, 4) is 0 Å². The molecule has 0 aromatic carbocycles. The molecule has 3 nitrogen and oxygen atoms in total. The van der Waals surface area contributed by atoms with Gasteiger partial charge in [0.25, 0.3) is 0 Å². The van der Waals surface area contributed by atoms with Gasteiger partial charge in [-0.3, -0.25) is 0 Å². The van der Waals surface area contributed by atoms with E-state index in [4.69, 9.17) is 0 Å². The highest BCUT2D eigenvalue weighted by Gasteiger charge is 2.34. The minimum Gasteiger partial charge on any atom is -0.212 e. The second-order valence-corrected chi connectivity index (χ2v) is 2.84. The van der Waals surface area contributed by atoms with E-state index in [1.54, 1.807) is 6.92 Å². The molecule has 0 aliphatic heterocycles. The summed E-state index contributed by atoms with van der Waals surface area (Å²) in [5.74, 6) is 0.321. The van der Waals surface area contributed by atoms with E-state index < -0.39 is 11.9 Å². The summed E-state index contributed by atoms with van der Waals surface area (Å²) in [6.07, 6.45) is -4.40. The molecule has 0 fully saturated rings. The van der Waals surface area contributed by atoms with E-state index in [2.05, 4.69) is 10.1 Å². The van der Waals surface area contributed by atoms with Crippen molar-refractivity contribution in [3.63, 3.8) is 0 Å². The lowest BCUT2D eigenvalue weighted by Gasteiger charge is -2.06. The third-order valence-electron chi connectivity index (χ3n) is 1.76. The Morgan fingerprint density at radius 2 is 1.81 bits per heavy atom. The second-order valence-electron chi connectivity index (χ2n) is 2.84. The van der Waals surface area contributed by atoms with Gasteiger partial charge >= 0.3 is 6.18 Å². The first-order valence-electron chi connectivity index (χ1n) is 4.88. The maximum absolute atomic E-state index is 12.4. The lowest BCUT2D eigenvalue weighted by atomic mass is 10.3. The maximum atomic E-state index is 12.4. The summed E-state index contributed by atoms with van der Waals surface area (Å²) in [6, 6.07) is 3.77. The van der Waals surface area contributed by atoms with Crippen molar-refractivity contribution in [1.82, 2.24) is 14.6 Å². The summed E-state index contributed by atoms with van der Waals surface area (Å²) < 4.78 is 38.1. The molecule has 6 heteroatoms. The van der Waals surface area contributed by atoms with Crippen LogP contribution in [0.4, 0.5) is 13.2 Å². The van der Waals surface area contributed by atoms with E-state index in [0.717, 1.165) is 10.6 Å². The Morgan fingerprint density at radius 3 is 2.38 bits per heavy atom. The minimum atomic E-state index is -4.40. The fourth-order valence-corrected chi connectivity index (χ4v) is 1.23. The van der Waals surface area contributed by atoms with Crippen molar-refractivity contribution >= 4 is 5.65 Å². The summed E-state index contributed by atoms with van der Waals surface area (Å²) in [7, 11) is 0. The molecule has 0 bridgehead atoms. The lowest BCUT2D eigenvalue weighted by molar-refractivity contribution is -0.142. The Bertz CT molecular complexity index is 474. The molecule has 88 valence electrons. The standard InChI is InChI=1S/C8H6F3N3.C2H6/c1-5-12-7-4-2-3-6(8(9,10)11)14(7)13-5;1-2/h2-4H,1H3;1-2H3. The van der Waals surface area contributed by atoms with Crippen molar-refractivity contribution in [2.24, 2.45) is 0 Å². The molecule has 16 heavy (non-hydrogen) atoms. The molecule has 0 N–H and O–H groups in total. The molecule has 0 atom stereocenters. The van der Waals surface area contributed by atoms with Crippen LogP contribution in [0.1, 0.15) is 25.4 Å². The molecule has 0 saturated carbocycles. The van der Waals surface area contributed by atoms with Crippen LogP contribution in [-0.2, 0) is 6.18 Å². The fourth-order valence-electron chi connectivity index (χ4n) is 1.23. The van der Waals surface area contributed by atoms with Crippen molar-refractivity contribution in [3.05, 3.63) is 29.7 Å². The number of alkyl halides is 3. The highest BCUT2D eigenvalue weighted by molar-refractivity contribution is 5.39. The largest absolute Gasteiger partial charge is 0.433 e. The summed E-state index contributed by atoms with van der Waals surface area (Å²) in [4.78, 5) is 3.84. The first-order chi connectivity index (χ1) is 7.48. The zero-order chi connectivity index (χ0) is 12.3. The Kier molecular flexibility index (Phi) is 3.51. The first-order valence-corrected chi connectivity index (χ1v) is 4.88. The van der Waals surface area contributed by atoms with Crippen molar-refractivity contribution in [1.29, 1.82) is 0 Å². The lowest BCUT2D eigenvalue weighted by Crippen LogP contribution is -2.11. The molecule has 2 aromatic heterocycles. The van der Waals surface area contributed by atoms with Gasteiger partial charge in [0.1, 0.15) is 11.5 Å². The average molecular weight is 231 g/mol. The average Bonchev–Trinajstić information content (AvgIpc) is 2.58. The van der Waals surface area contributed by atoms with E-state index >= 15 is 0 Å². The smallest absolute Gasteiger partial charge is 0.212 e. The van der Waals surface area contributed by atoms with E-state index in [-0.39, 0.29) is 5.65 Å². The molecule has 0 aliphatic carbocycles. The summed E-state index contributed by atoms with van der Waals surface area (Å²) in [6.45, 7) is 5.55. The van der Waals surface area contributed by atoms with Crippen molar-refractivity contribution < 1.29 is 13.2 Å². The van der Waals surface area contributed by atoms with Crippen LogP contribution in [0.2, 0.25) is 0 Å².